The molecule has 0 unspecified atom stereocenters. The molecule has 1 aliphatic heterocycles. The highest BCUT2D eigenvalue weighted by Gasteiger charge is 2.33. The highest BCUT2D eigenvalue weighted by Crippen LogP contribution is 2.36. The van der Waals surface area contributed by atoms with Gasteiger partial charge in [-0.25, -0.2) is 4.39 Å². The molecule has 8 heteroatoms. The first-order valence-corrected chi connectivity index (χ1v) is 9.10. The number of aromatic nitrogens is 2. The number of H-pyrrole nitrogens is 1. The third-order valence-corrected chi connectivity index (χ3v) is 5.14. The summed E-state index contributed by atoms with van der Waals surface area (Å²) in [5.41, 5.74) is 2.69. The van der Waals surface area contributed by atoms with E-state index >= 15 is 0 Å². The van der Waals surface area contributed by atoms with Crippen LogP contribution in [0.2, 0.25) is 5.02 Å². The molecular weight excluding hydrogens is 387 g/mol. The molecule has 0 radical (unpaired) electrons. The molecule has 0 spiro atoms. The number of hydrogen-bond acceptors (Lipinski definition) is 4. The zero-order valence-corrected chi connectivity index (χ0v) is 15.3. The predicted molar refractivity (Wildman–Crippen MR) is 106 cm³/mol. The van der Waals surface area contributed by atoms with E-state index in [1.54, 1.807) is 48.7 Å². The molecule has 134 valence electrons. The summed E-state index contributed by atoms with van der Waals surface area (Å²) in [7, 11) is 0. The average molecular weight is 399 g/mol. The maximum Gasteiger partial charge on any atom is 0.271 e. The molecule has 1 saturated heterocycles. The Kier molecular flexibility index (Phi) is 4.55. The zero-order chi connectivity index (χ0) is 19.0. The molecule has 1 aliphatic rings. The minimum Gasteiger partial charge on any atom is -0.278 e. The summed E-state index contributed by atoms with van der Waals surface area (Å²) in [6, 6.07) is 12.7. The number of aromatic amines is 1. The van der Waals surface area contributed by atoms with Crippen molar-refractivity contribution in [2.45, 2.75) is 0 Å². The molecule has 2 aromatic carbocycles. The maximum atomic E-state index is 13.2. The van der Waals surface area contributed by atoms with Crippen LogP contribution in [0.25, 0.3) is 17.3 Å². The SMILES string of the molecule is N=C1SC(=Cc2cn[nH]c2-c2ccc(F)cc2)C(=O)N1c1ccc(Cl)cc1. The molecule has 0 saturated carbocycles. The molecule has 2 N–H and O–H groups in total. The minimum absolute atomic E-state index is 0.111. The van der Waals surface area contributed by atoms with Crippen molar-refractivity contribution >= 4 is 46.2 Å². The normalized spacial score (nSPS) is 15.8. The molecular formula is C19H12ClFN4OS. The van der Waals surface area contributed by atoms with Crippen LogP contribution < -0.4 is 4.90 Å². The van der Waals surface area contributed by atoms with E-state index in [9.17, 15) is 9.18 Å². The number of amidine groups is 1. The first-order valence-electron chi connectivity index (χ1n) is 7.90. The summed E-state index contributed by atoms with van der Waals surface area (Å²) in [6.45, 7) is 0. The molecule has 0 atom stereocenters. The number of benzene rings is 2. The molecule has 0 bridgehead atoms. The van der Waals surface area contributed by atoms with Crippen LogP contribution in [0, 0.1) is 11.2 Å². The van der Waals surface area contributed by atoms with Crippen LogP contribution in [-0.4, -0.2) is 21.3 Å². The van der Waals surface area contributed by atoms with Crippen molar-refractivity contribution in [1.29, 1.82) is 5.41 Å². The Morgan fingerprint density at radius 3 is 2.56 bits per heavy atom. The van der Waals surface area contributed by atoms with Gasteiger partial charge in [-0.3, -0.25) is 20.2 Å². The van der Waals surface area contributed by atoms with Gasteiger partial charge in [-0.05, 0) is 66.4 Å². The molecule has 1 aromatic heterocycles. The van der Waals surface area contributed by atoms with Gasteiger partial charge in [0.05, 0.1) is 22.5 Å². The van der Waals surface area contributed by atoms with Gasteiger partial charge in [0, 0.05) is 16.1 Å². The number of nitrogens with zero attached hydrogens (tertiary/aromatic N) is 2. The molecule has 3 aromatic rings. The quantitative estimate of drug-likeness (QED) is 0.615. The van der Waals surface area contributed by atoms with E-state index in [2.05, 4.69) is 10.2 Å². The highest BCUT2D eigenvalue weighted by molar-refractivity contribution is 8.19. The molecule has 5 nitrogen and oxygen atoms in total. The van der Waals surface area contributed by atoms with Gasteiger partial charge in [0.1, 0.15) is 5.82 Å². The van der Waals surface area contributed by atoms with E-state index in [1.165, 1.54) is 17.0 Å². The second-order valence-electron chi connectivity index (χ2n) is 5.74. The van der Waals surface area contributed by atoms with Gasteiger partial charge in [0.2, 0.25) is 0 Å². The van der Waals surface area contributed by atoms with E-state index in [0.717, 1.165) is 17.3 Å². The summed E-state index contributed by atoms with van der Waals surface area (Å²) in [6.07, 6.45) is 3.27. The first kappa shape index (κ1) is 17.5. The van der Waals surface area contributed by atoms with Gasteiger partial charge < -0.3 is 0 Å². The van der Waals surface area contributed by atoms with E-state index in [4.69, 9.17) is 17.0 Å². The van der Waals surface area contributed by atoms with E-state index in [1.807, 2.05) is 0 Å². The van der Waals surface area contributed by atoms with Gasteiger partial charge in [0.15, 0.2) is 5.17 Å². The second-order valence-corrected chi connectivity index (χ2v) is 7.21. The van der Waals surface area contributed by atoms with E-state index in [0.29, 0.717) is 26.9 Å². The first-order chi connectivity index (χ1) is 13.0. The lowest BCUT2D eigenvalue weighted by Crippen LogP contribution is -2.27. The fraction of sp³-hybridized carbons (Fsp3) is 0. The van der Waals surface area contributed by atoms with Crippen molar-refractivity contribution in [3.8, 4) is 11.3 Å². The van der Waals surface area contributed by atoms with Crippen LogP contribution in [0.1, 0.15) is 5.56 Å². The summed E-state index contributed by atoms with van der Waals surface area (Å²) in [4.78, 5) is 14.5. The van der Waals surface area contributed by atoms with E-state index in [-0.39, 0.29) is 16.9 Å². The number of anilines is 1. The average Bonchev–Trinajstić information content (AvgIpc) is 3.22. The Labute approximate surface area is 163 Å². The predicted octanol–water partition coefficient (Wildman–Crippen LogP) is 4.92. The Morgan fingerprint density at radius 2 is 1.85 bits per heavy atom. The van der Waals surface area contributed by atoms with Crippen LogP contribution in [0.4, 0.5) is 10.1 Å². The summed E-state index contributed by atoms with van der Waals surface area (Å²) >= 11 is 6.96. The standard InChI is InChI=1S/C19H12ClFN4OS/c20-13-3-7-15(8-4-13)25-18(26)16(27-19(25)22)9-12-10-23-24-17(12)11-1-5-14(21)6-2-11/h1-10,22H,(H,23,24). The maximum absolute atomic E-state index is 13.2. The van der Waals surface area contributed by atoms with Crippen molar-refractivity contribution in [2.75, 3.05) is 4.90 Å². The molecule has 1 amide bonds. The minimum atomic E-state index is -0.327. The lowest BCUT2D eigenvalue weighted by Gasteiger charge is -2.14. The molecule has 4 rings (SSSR count). The van der Waals surface area contributed by atoms with Crippen LogP contribution in [0.15, 0.2) is 59.6 Å². The van der Waals surface area contributed by atoms with Gasteiger partial charge in [-0.2, -0.15) is 5.10 Å². The van der Waals surface area contributed by atoms with Crippen LogP contribution >= 0.6 is 23.4 Å². The Hall–Kier alpha value is -2.90. The molecule has 2 heterocycles. The summed E-state index contributed by atoms with van der Waals surface area (Å²) in [5, 5.41) is 15.7. The number of amides is 1. The number of rotatable bonds is 3. The zero-order valence-electron chi connectivity index (χ0n) is 13.7. The number of nitrogens with one attached hydrogen (secondary N) is 2. The lowest BCUT2D eigenvalue weighted by atomic mass is 10.1. The van der Waals surface area contributed by atoms with Crippen molar-refractivity contribution < 1.29 is 9.18 Å². The molecule has 1 fully saturated rings. The van der Waals surface area contributed by atoms with Crippen molar-refractivity contribution in [1.82, 2.24) is 10.2 Å². The lowest BCUT2D eigenvalue weighted by molar-refractivity contribution is -0.113. The number of carbonyl (C=O) groups is 1. The Morgan fingerprint density at radius 1 is 1.15 bits per heavy atom. The number of thioether (sulfide) groups is 1. The van der Waals surface area contributed by atoms with Gasteiger partial charge in [-0.1, -0.05) is 11.6 Å². The van der Waals surface area contributed by atoms with Crippen molar-refractivity contribution in [3.05, 3.63) is 76.0 Å². The fourth-order valence-corrected chi connectivity index (χ4v) is 3.68. The third kappa shape index (κ3) is 3.39. The van der Waals surface area contributed by atoms with Crippen molar-refractivity contribution in [2.24, 2.45) is 0 Å². The highest BCUT2D eigenvalue weighted by atomic mass is 35.5. The van der Waals surface area contributed by atoms with Gasteiger partial charge in [-0.15, -0.1) is 0 Å². The Bertz CT molecular complexity index is 1060. The number of carbonyl (C=O) groups excluding carboxylic acids is 1. The smallest absolute Gasteiger partial charge is 0.271 e. The van der Waals surface area contributed by atoms with Crippen LogP contribution in [-0.2, 0) is 4.79 Å². The third-order valence-electron chi connectivity index (χ3n) is 4.00. The monoisotopic (exact) mass is 398 g/mol. The molecule has 27 heavy (non-hydrogen) atoms. The Balaban J connectivity index is 1.67. The summed E-state index contributed by atoms with van der Waals surface area (Å²) < 4.78 is 13.2. The van der Waals surface area contributed by atoms with Crippen LogP contribution in [0.5, 0.6) is 0 Å². The van der Waals surface area contributed by atoms with Gasteiger partial charge in [0.25, 0.3) is 5.91 Å². The largest absolute Gasteiger partial charge is 0.278 e. The second kappa shape index (κ2) is 7.02. The molecule has 0 aliphatic carbocycles. The number of halogens is 2. The van der Waals surface area contributed by atoms with E-state index < -0.39 is 0 Å². The fourth-order valence-electron chi connectivity index (χ4n) is 2.71. The summed E-state index contributed by atoms with van der Waals surface area (Å²) in [5.74, 6) is -0.620. The number of hydrogen-bond donors (Lipinski definition) is 2. The van der Waals surface area contributed by atoms with Crippen molar-refractivity contribution in [3.63, 3.8) is 0 Å². The van der Waals surface area contributed by atoms with Gasteiger partial charge >= 0.3 is 0 Å². The van der Waals surface area contributed by atoms with Crippen LogP contribution in [0.3, 0.4) is 0 Å². The topological polar surface area (TPSA) is 72.8 Å².